The maximum absolute atomic E-state index is 11.8. The van der Waals surface area contributed by atoms with Crippen molar-refractivity contribution in [1.82, 2.24) is 19.9 Å². The lowest BCUT2D eigenvalue weighted by Crippen LogP contribution is -2.13. The molecule has 0 unspecified atom stereocenters. The highest BCUT2D eigenvalue weighted by atomic mass is 16.5. The number of aliphatic hydroxyl groups excluding tert-OH is 1. The summed E-state index contributed by atoms with van der Waals surface area (Å²) in [6, 6.07) is 5.08. The number of rotatable bonds is 8. The number of carbonyl (C=O) groups excluding carboxylic acids is 1. The average Bonchev–Trinajstić information content (AvgIpc) is 3.21. The Morgan fingerprint density at radius 1 is 1.31 bits per heavy atom. The van der Waals surface area contributed by atoms with Crippen LogP contribution in [-0.2, 0) is 9.47 Å². The molecule has 3 aromatic rings. The number of aliphatic hydroxyl groups is 1. The average molecular weight is 357 g/mol. The Hall–Kier alpha value is -3.04. The molecule has 0 saturated heterocycles. The van der Waals surface area contributed by atoms with Crippen LogP contribution in [0.15, 0.2) is 30.6 Å². The van der Waals surface area contributed by atoms with Gasteiger partial charge in [0.1, 0.15) is 5.82 Å². The van der Waals surface area contributed by atoms with Gasteiger partial charge in [-0.15, -0.1) is 0 Å². The maximum Gasteiger partial charge on any atom is 0.337 e. The molecule has 0 radical (unpaired) electrons. The Kier molecular flexibility index (Phi) is 5.72. The van der Waals surface area contributed by atoms with Crippen molar-refractivity contribution in [2.75, 3.05) is 38.8 Å². The van der Waals surface area contributed by atoms with Crippen LogP contribution in [0.25, 0.3) is 22.6 Å². The van der Waals surface area contributed by atoms with Crippen molar-refractivity contribution in [1.29, 1.82) is 0 Å². The summed E-state index contributed by atoms with van der Waals surface area (Å²) in [5, 5.41) is 12.6. The van der Waals surface area contributed by atoms with E-state index in [0.29, 0.717) is 47.1 Å². The van der Waals surface area contributed by atoms with E-state index in [9.17, 15) is 4.79 Å². The summed E-state index contributed by atoms with van der Waals surface area (Å²) in [5.41, 5.74) is 1.08. The lowest BCUT2D eigenvalue weighted by molar-refractivity contribution is 0.0601. The number of carbonyl (C=O) groups is 1. The van der Waals surface area contributed by atoms with Crippen molar-refractivity contribution < 1.29 is 19.4 Å². The zero-order valence-electron chi connectivity index (χ0n) is 14.2. The molecule has 2 aromatic heterocycles. The second-order valence-electron chi connectivity index (χ2n) is 5.32. The van der Waals surface area contributed by atoms with Crippen LogP contribution in [0.3, 0.4) is 0 Å². The highest BCUT2D eigenvalue weighted by molar-refractivity contribution is 5.98. The summed E-state index contributed by atoms with van der Waals surface area (Å²) in [6.07, 6.45) is 3.32. The third-order valence-corrected chi connectivity index (χ3v) is 3.60. The topological polar surface area (TPSA) is 122 Å². The third-order valence-electron chi connectivity index (χ3n) is 3.60. The van der Waals surface area contributed by atoms with Crippen molar-refractivity contribution in [3.05, 3.63) is 36.2 Å². The zero-order valence-corrected chi connectivity index (χ0v) is 14.2. The summed E-state index contributed by atoms with van der Waals surface area (Å²) in [4.78, 5) is 28.0. The SMILES string of the molecule is COC(=O)c1ccc2nc(-c3ncc[nH]3)nc(NCCOCCO)c2c1. The zero-order chi connectivity index (χ0) is 18.4. The Labute approximate surface area is 149 Å². The van der Waals surface area contributed by atoms with Gasteiger partial charge in [0.05, 0.1) is 38.0 Å². The first-order valence-corrected chi connectivity index (χ1v) is 8.05. The van der Waals surface area contributed by atoms with Gasteiger partial charge >= 0.3 is 5.97 Å². The molecule has 9 nitrogen and oxygen atoms in total. The van der Waals surface area contributed by atoms with E-state index >= 15 is 0 Å². The number of anilines is 1. The van der Waals surface area contributed by atoms with E-state index in [2.05, 4.69) is 25.3 Å². The predicted molar refractivity (Wildman–Crippen MR) is 94.9 cm³/mol. The van der Waals surface area contributed by atoms with E-state index < -0.39 is 5.97 Å². The number of imidazole rings is 1. The minimum Gasteiger partial charge on any atom is -0.465 e. The van der Waals surface area contributed by atoms with Gasteiger partial charge in [0.2, 0.25) is 0 Å². The molecule has 9 heteroatoms. The number of aromatic amines is 1. The number of methoxy groups -OCH3 is 1. The standard InChI is InChI=1S/C17H19N5O4/c1-25-17(24)11-2-3-13-12(10-11)14(20-6-8-26-9-7-23)22-16(21-13)15-18-4-5-19-15/h2-5,10,23H,6-9H2,1H3,(H,18,19)(H,20,21,22). The van der Waals surface area contributed by atoms with E-state index in [4.69, 9.17) is 14.6 Å². The monoisotopic (exact) mass is 357 g/mol. The van der Waals surface area contributed by atoms with Crippen molar-refractivity contribution in [3.8, 4) is 11.6 Å². The molecule has 0 atom stereocenters. The summed E-state index contributed by atoms with van der Waals surface area (Å²) >= 11 is 0. The Morgan fingerprint density at radius 2 is 2.19 bits per heavy atom. The summed E-state index contributed by atoms with van der Waals surface area (Å²) in [7, 11) is 1.33. The van der Waals surface area contributed by atoms with Gasteiger partial charge in [-0.1, -0.05) is 0 Å². The fourth-order valence-electron chi connectivity index (χ4n) is 2.41. The first kappa shape index (κ1) is 17.8. The van der Waals surface area contributed by atoms with E-state index in [0.717, 1.165) is 0 Å². The maximum atomic E-state index is 11.8. The van der Waals surface area contributed by atoms with Gasteiger partial charge in [0.15, 0.2) is 11.6 Å². The molecule has 0 fully saturated rings. The van der Waals surface area contributed by atoms with Crippen LogP contribution in [0.1, 0.15) is 10.4 Å². The molecule has 0 saturated carbocycles. The Bertz CT molecular complexity index is 882. The van der Waals surface area contributed by atoms with Crippen molar-refractivity contribution in [3.63, 3.8) is 0 Å². The predicted octanol–water partition coefficient (Wildman–Crippen LogP) is 1.23. The van der Waals surface area contributed by atoms with E-state index in [1.165, 1.54) is 7.11 Å². The van der Waals surface area contributed by atoms with Crippen LogP contribution in [0, 0.1) is 0 Å². The first-order valence-electron chi connectivity index (χ1n) is 8.05. The fraction of sp³-hybridized carbons (Fsp3) is 0.294. The molecule has 0 aliphatic carbocycles. The molecular formula is C17H19N5O4. The van der Waals surface area contributed by atoms with E-state index in [-0.39, 0.29) is 13.2 Å². The number of hydrogen-bond donors (Lipinski definition) is 3. The second kappa shape index (κ2) is 8.37. The third kappa shape index (κ3) is 3.95. The molecule has 0 amide bonds. The number of esters is 1. The minimum absolute atomic E-state index is 0.0262. The van der Waals surface area contributed by atoms with Gasteiger partial charge in [-0.25, -0.2) is 19.7 Å². The largest absolute Gasteiger partial charge is 0.465 e. The van der Waals surface area contributed by atoms with E-state index in [1.54, 1.807) is 30.6 Å². The number of nitrogens with one attached hydrogen (secondary N) is 2. The molecule has 0 aliphatic rings. The van der Waals surface area contributed by atoms with Crippen molar-refractivity contribution in [2.45, 2.75) is 0 Å². The molecule has 0 bridgehead atoms. The molecule has 26 heavy (non-hydrogen) atoms. The highest BCUT2D eigenvalue weighted by Gasteiger charge is 2.14. The first-order chi connectivity index (χ1) is 12.7. The van der Waals surface area contributed by atoms with Crippen LogP contribution in [0.5, 0.6) is 0 Å². The molecule has 2 heterocycles. The second-order valence-corrected chi connectivity index (χ2v) is 5.32. The number of H-pyrrole nitrogens is 1. The quantitative estimate of drug-likeness (QED) is 0.406. The molecule has 0 aliphatic heterocycles. The lowest BCUT2D eigenvalue weighted by Gasteiger charge is -2.11. The summed E-state index contributed by atoms with van der Waals surface area (Å²) in [6.45, 7) is 1.13. The minimum atomic E-state index is -0.431. The van der Waals surface area contributed by atoms with Crippen LogP contribution in [-0.4, -0.2) is 64.5 Å². The number of fused-ring (bicyclic) bond motifs is 1. The van der Waals surface area contributed by atoms with E-state index in [1.807, 2.05) is 0 Å². The number of hydrogen-bond acceptors (Lipinski definition) is 8. The normalized spacial score (nSPS) is 10.8. The Balaban J connectivity index is 1.96. The smallest absolute Gasteiger partial charge is 0.337 e. The van der Waals surface area contributed by atoms with Crippen molar-refractivity contribution >= 4 is 22.7 Å². The van der Waals surface area contributed by atoms with Gasteiger partial charge in [-0.2, -0.15) is 0 Å². The van der Waals surface area contributed by atoms with Gasteiger partial charge in [0, 0.05) is 24.3 Å². The van der Waals surface area contributed by atoms with Gasteiger partial charge < -0.3 is 24.9 Å². The molecule has 0 spiro atoms. The molecule has 3 N–H and O–H groups in total. The van der Waals surface area contributed by atoms with Crippen molar-refractivity contribution in [2.24, 2.45) is 0 Å². The molecule has 1 aromatic carbocycles. The van der Waals surface area contributed by atoms with Crippen LogP contribution >= 0.6 is 0 Å². The summed E-state index contributed by atoms with van der Waals surface area (Å²) in [5.74, 6) is 1.11. The van der Waals surface area contributed by atoms with Gasteiger partial charge in [0.25, 0.3) is 0 Å². The lowest BCUT2D eigenvalue weighted by atomic mass is 10.1. The summed E-state index contributed by atoms with van der Waals surface area (Å²) < 4.78 is 10.0. The number of aromatic nitrogens is 4. The molecule has 3 rings (SSSR count). The van der Waals surface area contributed by atoms with Crippen LogP contribution in [0.2, 0.25) is 0 Å². The molecule has 136 valence electrons. The fourth-order valence-corrected chi connectivity index (χ4v) is 2.41. The highest BCUT2D eigenvalue weighted by Crippen LogP contribution is 2.25. The van der Waals surface area contributed by atoms with Crippen LogP contribution < -0.4 is 5.32 Å². The molecular weight excluding hydrogens is 338 g/mol. The van der Waals surface area contributed by atoms with Gasteiger partial charge in [-0.05, 0) is 18.2 Å². The van der Waals surface area contributed by atoms with Crippen LogP contribution in [0.4, 0.5) is 5.82 Å². The number of nitrogens with zero attached hydrogens (tertiary/aromatic N) is 3. The van der Waals surface area contributed by atoms with Gasteiger partial charge in [-0.3, -0.25) is 0 Å². The number of ether oxygens (including phenoxy) is 2. The number of benzene rings is 1. The Morgan fingerprint density at radius 3 is 2.92 bits per heavy atom.